The van der Waals surface area contributed by atoms with Gasteiger partial charge in [0.05, 0.1) is 26.4 Å². The molecule has 578 valence electrons. The second kappa shape index (κ2) is 68.9. The van der Waals surface area contributed by atoms with Crippen LogP contribution >= 0.6 is 15.6 Å². The van der Waals surface area contributed by atoms with E-state index >= 15 is 0 Å². The third kappa shape index (κ3) is 70.6. The van der Waals surface area contributed by atoms with Gasteiger partial charge in [0, 0.05) is 25.7 Å². The van der Waals surface area contributed by atoms with Crippen LogP contribution in [-0.4, -0.2) is 96.7 Å². The average molecular weight is 1430 g/mol. The Hall–Kier alpha value is -2.46. The lowest BCUT2D eigenvalue weighted by Gasteiger charge is -2.21. The van der Waals surface area contributed by atoms with Crippen LogP contribution in [0.3, 0.4) is 0 Å². The average Bonchev–Trinajstić information content (AvgIpc) is 3.73. The topological polar surface area (TPSA) is 237 Å². The maximum absolute atomic E-state index is 13.1. The number of esters is 4. The van der Waals surface area contributed by atoms with Crippen molar-refractivity contribution in [3.05, 3.63) is 24.3 Å². The molecule has 0 spiro atoms. The molecule has 3 unspecified atom stereocenters. The molecule has 0 aliphatic rings. The lowest BCUT2D eigenvalue weighted by molar-refractivity contribution is -0.161. The van der Waals surface area contributed by atoms with E-state index in [2.05, 4.69) is 72.8 Å². The van der Waals surface area contributed by atoms with Crippen LogP contribution in [0.1, 0.15) is 382 Å². The first-order chi connectivity index (χ1) is 47.3. The molecule has 19 heteroatoms. The highest BCUT2D eigenvalue weighted by atomic mass is 31.2. The summed E-state index contributed by atoms with van der Waals surface area (Å²) in [5.41, 5.74) is 0. The molecular weight excluding hydrogens is 1280 g/mol. The van der Waals surface area contributed by atoms with Crippen molar-refractivity contribution in [2.75, 3.05) is 39.6 Å². The number of carbonyl (C=O) groups is 4. The van der Waals surface area contributed by atoms with Crippen LogP contribution in [0, 0.1) is 17.8 Å². The van der Waals surface area contributed by atoms with Gasteiger partial charge in [-0.3, -0.25) is 37.3 Å². The largest absolute Gasteiger partial charge is 0.472 e. The lowest BCUT2D eigenvalue weighted by Crippen LogP contribution is -2.30. The summed E-state index contributed by atoms with van der Waals surface area (Å²) < 4.78 is 68.6. The monoisotopic (exact) mass is 1430 g/mol. The van der Waals surface area contributed by atoms with Crippen LogP contribution in [0.25, 0.3) is 0 Å². The summed E-state index contributed by atoms with van der Waals surface area (Å²) >= 11 is 0. The number of rotatable bonds is 75. The van der Waals surface area contributed by atoms with Crippen molar-refractivity contribution < 1.29 is 80.2 Å². The van der Waals surface area contributed by atoms with E-state index in [1.54, 1.807) is 0 Å². The molecule has 0 aromatic carbocycles. The van der Waals surface area contributed by atoms with E-state index in [1.807, 2.05) is 0 Å². The Kier molecular flexibility index (Phi) is 67.2. The highest BCUT2D eigenvalue weighted by Crippen LogP contribution is 2.45. The van der Waals surface area contributed by atoms with Crippen LogP contribution < -0.4 is 0 Å². The molecule has 0 aliphatic carbocycles. The Labute approximate surface area is 599 Å². The molecular formula is C79H150O17P2. The Morgan fingerprint density at radius 3 is 0.908 bits per heavy atom. The second-order valence-electron chi connectivity index (χ2n) is 29.0. The minimum Gasteiger partial charge on any atom is -0.462 e. The summed E-state index contributed by atoms with van der Waals surface area (Å²) in [6.07, 6.45) is 59.0. The fourth-order valence-electron chi connectivity index (χ4n) is 11.6. The molecule has 0 radical (unpaired) electrons. The summed E-state index contributed by atoms with van der Waals surface area (Å²) in [4.78, 5) is 72.9. The maximum atomic E-state index is 13.1. The molecule has 0 amide bonds. The Morgan fingerprint density at radius 2 is 0.602 bits per heavy atom. The molecule has 0 bridgehead atoms. The van der Waals surface area contributed by atoms with E-state index in [4.69, 9.17) is 37.0 Å². The van der Waals surface area contributed by atoms with E-state index in [0.29, 0.717) is 25.7 Å². The fraction of sp³-hybridized carbons (Fsp3) is 0.899. The van der Waals surface area contributed by atoms with Crippen molar-refractivity contribution in [1.82, 2.24) is 0 Å². The van der Waals surface area contributed by atoms with Crippen molar-refractivity contribution in [2.24, 2.45) is 17.8 Å². The highest BCUT2D eigenvalue weighted by molar-refractivity contribution is 7.47. The smallest absolute Gasteiger partial charge is 0.462 e. The van der Waals surface area contributed by atoms with Gasteiger partial charge in [-0.2, -0.15) is 0 Å². The van der Waals surface area contributed by atoms with E-state index in [0.717, 1.165) is 127 Å². The molecule has 0 saturated carbocycles. The van der Waals surface area contributed by atoms with Crippen molar-refractivity contribution in [3.63, 3.8) is 0 Å². The molecule has 0 aliphatic heterocycles. The van der Waals surface area contributed by atoms with E-state index in [-0.39, 0.29) is 25.7 Å². The number of carbonyl (C=O) groups excluding carboxylic acids is 4. The molecule has 17 nitrogen and oxygen atoms in total. The molecule has 0 aromatic rings. The first-order valence-corrected chi connectivity index (χ1v) is 43.2. The predicted molar refractivity (Wildman–Crippen MR) is 400 cm³/mol. The standard InChI is InChI=1S/C79H150O17P2/c1-8-10-11-12-13-14-15-16-17-21-26-31-39-46-53-60-76(81)89-66-74(95-78(83)62-55-48-41-32-27-22-19-18-20-25-30-38-45-52-59-72(7)9-2)68-93-97(85,86)91-64-73(80)65-92-98(87,88)94-69-75(67-90-77(82)61-54-47-40-35-34-37-44-51-58-71(5)6)96-79(84)63-56-49-42-33-28-23-24-29-36-43-50-57-70(3)4/h14-17,70-75,80H,8-13,18-69H2,1-7H3,(H,85,86)(H,87,88)/b15-14-,17-16-/t72?,73-,74-,75-/m1/s1. The second-order valence-corrected chi connectivity index (χ2v) is 31.9. The molecule has 0 saturated heterocycles. The number of phosphoric ester groups is 2. The van der Waals surface area contributed by atoms with Crippen LogP contribution in [0.4, 0.5) is 0 Å². The van der Waals surface area contributed by atoms with Gasteiger partial charge in [-0.05, 0) is 69.1 Å². The third-order valence-electron chi connectivity index (χ3n) is 18.1. The van der Waals surface area contributed by atoms with Crippen LogP contribution in [0.5, 0.6) is 0 Å². The number of ether oxygens (including phenoxy) is 4. The highest BCUT2D eigenvalue weighted by Gasteiger charge is 2.30. The minimum absolute atomic E-state index is 0.100. The fourth-order valence-corrected chi connectivity index (χ4v) is 13.1. The van der Waals surface area contributed by atoms with Crippen LogP contribution in [0.2, 0.25) is 0 Å². The number of unbranched alkanes of at least 4 members (excludes halogenated alkanes) is 39. The SMILES string of the molecule is CCCCCC/C=C\C=C/CCCCCCCC(=O)OC[C@H](COP(=O)(O)OC[C@@H](O)COP(=O)(O)OC[C@@H](COC(=O)CCCCCCCCCCC(C)C)OC(=O)CCCCCCCCCCCCCC(C)C)OC(=O)CCCCCCCCCCCCCCCCC(C)CC. The molecule has 0 fully saturated rings. The molecule has 0 rings (SSSR count). The van der Waals surface area contributed by atoms with Crippen LogP contribution in [-0.2, 0) is 65.4 Å². The first kappa shape index (κ1) is 95.5. The minimum atomic E-state index is -4.97. The zero-order valence-corrected chi connectivity index (χ0v) is 65.5. The Bertz CT molecular complexity index is 2000. The van der Waals surface area contributed by atoms with Gasteiger partial charge in [0.1, 0.15) is 19.3 Å². The Morgan fingerprint density at radius 1 is 0.337 bits per heavy atom. The van der Waals surface area contributed by atoms with E-state index in [9.17, 15) is 43.2 Å². The van der Waals surface area contributed by atoms with Crippen molar-refractivity contribution in [2.45, 2.75) is 401 Å². The van der Waals surface area contributed by atoms with Crippen molar-refractivity contribution >= 4 is 39.5 Å². The van der Waals surface area contributed by atoms with Crippen LogP contribution in [0.15, 0.2) is 24.3 Å². The van der Waals surface area contributed by atoms with Crippen molar-refractivity contribution in [1.29, 1.82) is 0 Å². The zero-order chi connectivity index (χ0) is 72.3. The summed E-state index contributed by atoms with van der Waals surface area (Å²) in [5, 5.41) is 10.6. The van der Waals surface area contributed by atoms with E-state index in [1.165, 1.54) is 173 Å². The third-order valence-corrected chi connectivity index (χ3v) is 20.0. The number of phosphoric acid groups is 2. The first-order valence-electron chi connectivity index (χ1n) is 40.2. The quantitative estimate of drug-likeness (QED) is 0.0169. The van der Waals surface area contributed by atoms with Gasteiger partial charge in [0.15, 0.2) is 12.2 Å². The molecule has 0 heterocycles. The summed E-state index contributed by atoms with van der Waals surface area (Å²) in [7, 11) is -9.93. The summed E-state index contributed by atoms with van der Waals surface area (Å²) in [5.74, 6) is 0.188. The van der Waals surface area contributed by atoms with Gasteiger partial charge in [0.25, 0.3) is 0 Å². The number of hydrogen-bond acceptors (Lipinski definition) is 15. The van der Waals surface area contributed by atoms with Gasteiger partial charge in [-0.1, -0.05) is 330 Å². The zero-order valence-electron chi connectivity index (χ0n) is 63.7. The predicted octanol–water partition coefficient (Wildman–Crippen LogP) is 22.9. The van der Waals surface area contributed by atoms with Gasteiger partial charge >= 0.3 is 39.5 Å². The molecule has 6 atom stereocenters. The number of hydrogen-bond donors (Lipinski definition) is 3. The Balaban J connectivity index is 5.30. The van der Waals surface area contributed by atoms with E-state index < -0.39 is 97.5 Å². The normalized spacial score (nSPS) is 14.4. The summed E-state index contributed by atoms with van der Waals surface area (Å²) in [6, 6.07) is 0. The van der Waals surface area contributed by atoms with Gasteiger partial charge < -0.3 is 33.8 Å². The maximum Gasteiger partial charge on any atom is 0.472 e. The number of aliphatic hydroxyl groups is 1. The van der Waals surface area contributed by atoms with Gasteiger partial charge in [0.2, 0.25) is 0 Å². The number of aliphatic hydroxyl groups excluding tert-OH is 1. The molecule has 3 N–H and O–H groups in total. The number of allylic oxidation sites excluding steroid dienone is 4. The lowest BCUT2D eigenvalue weighted by atomic mass is 9.99. The summed E-state index contributed by atoms with van der Waals surface area (Å²) in [6.45, 7) is 11.9. The van der Waals surface area contributed by atoms with Crippen molar-refractivity contribution in [3.8, 4) is 0 Å². The van der Waals surface area contributed by atoms with Gasteiger partial charge in [-0.15, -0.1) is 0 Å². The van der Waals surface area contributed by atoms with Gasteiger partial charge in [-0.25, -0.2) is 9.13 Å². The molecule has 0 aromatic heterocycles. The molecule has 98 heavy (non-hydrogen) atoms.